The number of alkyl halides is 3. The first-order valence-corrected chi connectivity index (χ1v) is 6.74. The van der Waals surface area contributed by atoms with Crippen molar-refractivity contribution in [2.24, 2.45) is 0 Å². The van der Waals surface area contributed by atoms with Gasteiger partial charge in [-0.1, -0.05) is 17.7 Å². The molecule has 0 bridgehead atoms. The van der Waals surface area contributed by atoms with Gasteiger partial charge in [0.05, 0.1) is 5.56 Å². The number of aromatic carboxylic acids is 1. The molecular formula is C15H11ClF3NO3. The molecule has 23 heavy (non-hydrogen) atoms. The zero-order valence-corrected chi connectivity index (χ0v) is 12.6. The summed E-state index contributed by atoms with van der Waals surface area (Å²) < 4.78 is 41.7. The molecule has 8 heteroatoms. The highest BCUT2D eigenvalue weighted by molar-refractivity contribution is 6.31. The number of halogens is 4. The van der Waals surface area contributed by atoms with Gasteiger partial charge in [0.25, 0.3) is 0 Å². The van der Waals surface area contributed by atoms with Gasteiger partial charge in [-0.25, -0.2) is 9.78 Å². The van der Waals surface area contributed by atoms with E-state index < -0.39 is 18.8 Å². The molecule has 122 valence electrons. The van der Waals surface area contributed by atoms with Gasteiger partial charge >= 0.3 is 12.1 Å². The monoisotopic (exact) mass is 345 g/mol. The summed E-state index contributed by atoms with van der Waals surface area (Å²) in [7, 11) is 0. The molecule has 2 aromatic rings. The molecule has 0 aliphatic heterocycles. The van der Waals surface area contributed by atoms with E-state index in [1.54, 1.807) is 25.1 Å². The van der Waals surface area contributed by atoms with Gasteiger partial charge < -0.3 is 9.84 Å². The number of aryl methyl sites for hydroxylation is 1. The highest BCUT2D eigenvalue weighted by atomic mass is 35.5. The minimum absolute atomic E-state index is 0.147. The lowest BCUT2D eigenvalue weighted by Crippen LogP contribution is -2.20. The van der Waals surface area contributed by atoms with Crippen LogP contribution in [0.3, 0.4) is 0 Å². The van der Waals surface area contributed by atoms with Crippen molar-refractivity contribution >= 4 is 17.6 Å². The van der Waals surface area contributed by atoms with Crippen LogP contribution in [0, 0.1) is 6.92 Å². The second-order valence-corrected chi connectivity index (χ2v) is 5.16. The van der Waals surface area contributed by atoms with Gasteiger partial charge in [-0.15, -0.1) is 0 Å². The first-order chi connectivity index (χ1) is 10.7. The van der Waals surface area contributed by atoms with E-state index in [1.165, 1.54) is 6.07 Å². The van der Waals surface area contributed by atoms with Crippen LogP contribution in [0.4, 0.5) is 13.2 Å². The average molecular weight is 346 g/mol. The standard InChI is InChI=1S/C15H11ClF3NO3/c1-8-4-9(2-3-12(8)16)11-5-10(14(21)22)6-20-13(11)23-7-15(17,18)19/h2-6H,7H2,1H3,(H,21,22). The minimum atomic E-state index is -4.53. The van der Waals surface area contributed by atoms with Crippen LogP contribution in [0.15, 0.2) is 30.5 Å². The lowest BCUT2D eigenvalue weighted by molar-refractivity contribution is -0.154. The fourth-order valence-corrected chi connectivity index (χ4v) is 1.97. The van der Waals surface area contributed by atoms with Crippen LogP contribution in [-0.4, -0.2) is 28.8 Å². The SMILES string of the molecule is Cc1cc(-c2cc(C(=O)O)cnc2OCC(F)(F)F)ccc1Cl. The van der Waals surface area contributed by atoms with Crippen molar-refractivity contribution in [3.63, 3.8) is 0 Å². The summed E-state index contributed by atoms with van der Waals surface area (Å²) >= 11 is 5.92. The van der Waals surface area contributed by atoms with E-state index in [1.807, 2.05) is 0 Å². The van der Waals surface area contributed by atoms with Crippen molar-refractivity contribution in [2.75, 3.05) is 6.61 Å². The summed E-state index contributed by atoms with van der Waals surface area (Å²) in [5.41, 5.74) is 1.13. The third-order valence-corrected chi connectivity index (χ3v) is 3.36. The predicted octanol–water partition coefficient (Wildman–Crippen LogP) is 4.35. The number of carbonyl (C=O) groups is 1. The van der Waals surface area contributed by atoms with E-state index in [-0.39, 0.29) is 17.0 Å². The molecule has 0 aliphatic rings. The van der Waals surface area contributed by atoms with E-state index in [0.29, 0.717) is 16.1 Å². The quantitative estimate of drug-likeness (QED) is 0.895. The van der Waals surface area contributed by atoms with Gasteiger partial charge in [-0.3, -0.25) is 0 Å². The Bertz CT molecular complexity index is 747. The fourth-order valence-electron chi connectivity index (χ4n) is 1.85. The predicted molar refractivity (Wildman–Crippen MR) is 77.9 cm³/mol. The second-order valence-electron chi connectivity index (χ2n) is 4.75. The van der Waals surface area contributed by atoms with E-state index in [2.05, 4.69) is 4.98 Å². The van der Waals surface area contributed by atoms with E-state index >= 15 is 0 Å². The number of nitrogens with zero attached hydrogens (tertiary/aromatic N) is 1. The number of ether oxygens (including phenoxy) is 1. The summed E-state index contributed by atoms with van der Waals surface area (Å²) in [6.45, 7) is 0.197. The van der Waals surface area contributed by atoms with Crippen LogP contribution in [-0.2, 0) is 0 Å². The van der Waals surface area contributed by atoms with Gasteiger partial charge in [-0.05, 0) is 36.2 Å². The van der Waals surface area contributed by atoms with Gasteiger partial charge in [-0.2, -0.15) is 13.2 Å². The second kappa shape index (κ2) is 6.45. The van der Waals surface area contributed by atoms with Crippen molar-refractivity contribution in [3.8, 4) is 17.0 Å². The number of benzene rings is 1. The Morgan fingerprint density at radius 2 is 2.04 bits per heavy atom. The highest BCUT2D eigenvalue weighted by Gasteiger charge is 2.29. The largest absolute Gasteiger partial charge is 0.478 e. The fraction of sp³-hybridized carbons (Fsp3) is 0.200. The summed E-state index contributed by atoms with van der Waals surface area (Å²) in [6, 6.07) is 5.95. The van der Waals surface area contributed by atoms with Crippen molar-refractivity contribution in [1.82, 2.24) is 4.98 Å². The lowest BCUT2D eigenvalue weighted by atomic mass is 10.0. The van der Waals surface area contributed by atoms with Crippen LogP contribution in [0.5, 0.6) is 5.88 Å². The van der Waals surface area contributed by atoms with E-state index in [9.17, 15) is 18.0 Å². The molecule has 0 spiro atoms. The van der Waals surface area contributed by atoms with Crippen molar-refractivity contribution in [3.05, 3.63) is 46.6 Å². The Balaban J connectivity index is 2.49. The molecule has 4 nitrogen and oxygen atoms in total. The summed E-state index contributed by atoms with van der Waals surface area (Å²) in [5, 5.41) is 9.50. The van der Waals surface area contributed by atoms with Gasteiger partial charge in [0.15, 0.2) is 6.61 Å². The molecular weight excluding hydrogens is 335 g/mol. The first-order valence-electron chi connectivity index (χ1n) is 6.37. The molecule has 0 aliphatic carbocycles. The molecule has 1 aromatic carbocycles. The topological polar surface area (TPSA) is 59.4 Å². The molecule has 0 unspecified atom stereocenters. The van der Waals surface area contributed by atoms with Crippen LogP contribution in [0.2, 0.25) is 5.02 Å². The number of hydrogen-bond donors (Lipinski definition) is 1. The normalized spacial score (nSPS) is 11.3. The molecule has 0 saturated carbocycles. The van der Waals surface area contributed by atoms with Crippen molar-refractivity contribution in [1.29, 1.82) is 0 Å². The number of carboxylic acid groups (broad SMARTS) is 1. The molecule has 0 radical (unpaired) electrons. The van der Waals surface area contributed by atoms with Gasteiger partial charge in [0.1, 0.15) is 0 Å². The number of aromatic nitrogens is 1. The van der Waals surface area contributed by atoms with E-state index in [0.717, 1.165) is 6.20 Å². The Labute approximate surface area is 134 Å². The third kappa shape index (κ3) is 4.35. The minimum Gasteiger partial charge on any atom is -0.478 e. The van der Waals surface area contributed by atoms with E-state index in [4.69, 9.17) is 21.4 Å². The highest BCUT2D eigenvalue weighted by Crippen LogP contribution is 2.32. The maximum atomic E-state index is 12.3. The van der Waals surface area contributed by atoms with Crippen LogP contribution >= 0.6 is 11.6 Å². The average Bonchev–Trinajstić information content (AvgIpc) is 2.47. The summed E-state index contributed by atoms with van der Waals surface area (Å²) in [4.78, 5) is 14.7. The van der Waals surface area contributed by atoms with Crippen molar-refractivity contribution in [2.45, 2.75) is 13.1 Å². The molecule has 0 amide bonds. The zero-order valence-electron chi connectivity index (χ0n) is 11.8. The number of hydrogen-bond acceptors (Lipinski definition) is 3. The Hall–Kier alpha value is -2.28. The molecule has 1 heterocycles. The van der Waals surface area contributed by atoms with Crippen LogP contribution < -0.4 is 4.74 Å². The zero-order chi connectivity index (χ0) is 17.2. The first kappa shape index (κ1) is 17.1. The smallest absolute Gasteiger partial charge is 0.422 e. The van der Waals surface area contributed by atoms with Crippen molar-refractivity contribution < 1.29 is 27.8 Å². The Morgan fingerprint density at radius 1 is 1.35 bits per heavy atom. The van der Waals surface area contributed by atoms with Crippen LogP contribution in [0.1, 0.15) is 15.9 Å². The molecule has 1 N–H and O–H groups in total. The summed E-state index contributed by atoms with van der Waals surface area (Å²) in [6.07, 6.45) is -3.58. The molecule has 0 fully saturated rings. The molecule has 1 aromatic heterocycles. The summed E-state index contributed by atoms with van der Waals surface area (Å²) in [5.74, 6) is -1.54. The molecule has 0 atom stereocenters. The molecule has 0 saturated heterocycles. The Kier molecular flexibility index (Phi) is 4.79. The molecule has 2 rings (SSSR count). The number of carboxylic acids is 1. The number of pyridine rings is 1. The Morgan fingerprint density at radius 3 is 2.61 bits per heavy atom. The maximum absolute atomic E-state index is 12.3. The van der Waals surface area contributed by atoms with Crippen LogP contribution in [0.25, 0.3) is 11.1 Å². The third-order valence-electron chi connectivity index (χ3n) is 2.94. The lowest BCUT2D eigenvalue weighted by Gasteiger charge is -2.13. The maximum Gasteiger partial charge on any atom is 0.422 e. The number of rotatable bonds is 4. The van der Waals surface area contributed by atoms with Gasteiger partial charge in [0.2, 0.25) is 5.88 Å². The van der Waals surface area contributed by atoms with Gasteiger partial charge in [0, 0.05) is 16.8 Å².